The van der Waals surface area contributed by atoms with Crippen molar-refractivity contribution in [2.45, 2.75) is 121 Å². The Balaban J connectivity index is 2.29. The quantitative estimate of drug-likeness (QED) is 0.455. The lowest BCUT2D eigenvalue weighted by molar-refractivity contribution is -0.215. The van der Waals surface area contributed by atoms with E-state index in [1.165, 1.54) is 7.11 Å². The highest BCUT2D eigenvalue weighted by Gasteiger charge is 2.76. The van der Waals surface area contributed by atoms with Gasteiger partial charge in [-0.05, 0) is 42.5 Å². The van der Waals surface area contributed by atoms with Crippen molar-refractivity contribution < 1.29 is 28.5 Å². The van der Waals surface area contributed by atoms with Crippen molar-refractivity contribution in [1.82, 2.24) is 5.32 Å². The fraction of sp³-hybridized carbons (Fsp3) is 0.741. The number of amides is 1. The minimum Gasteiger partial charge on any atom is -0.405 e. The van der Waals surface area contributed by atoms with E-state index in [0.29, 0.717) is 12.0 Å². The number of benzene rings is 1. The van der Waals surface area contributed by atoms with Gasteiger partial charge in [-0.1, -0.05) is 78.8 Å². The summed E-state index contributed by atoms with van der Waals surface area (Å²) >= 11 is 0. The normalized spacial score (nSPS) is 31.7. The standard InChI is InChI=1S/C27H45NO6Si/c1-11-21-26(34-25(8,9)32-21)23(33-35(17(2)3,18(4)5)19(6)7)27(31-10,28-24(26)30)22(29)20-15-13-12-14-16-20/h12-19,21-23,29H,11H2,1-10H3,(H,28,30)/t21-,22?,23+,26+,27+/m0/s1. The molecule has 0 bridgehead atoms. The largest absolute Gasteiger partial charge is 0.405 e. The third-order valence-corrected chi connectivity index (χ3v) is 14.1. The highest BCUT2D eigenvalue weighted by atomic mass is 28.4. The fourth-order valence-electron chi connectivity index (χ4n) is 6.66. The van der Waals surface area contributed by atoms with Crippen molar-refractivity contribution in [3.63, 3.8) is 0 Å². The molecule has 1 aromatic carbocycles. The van der Waals surface area contributed by atoms with Crippen molar-refractivity contribution in [3.05, 3.63) is 35.9 Å². The minimum atomic E-state index is -2.58. The predicted molar refractivity (Wildman–Crippen MR) is 138 cm³/mol. The number of carbonyl (C=O) groups excluding carboxylic acids is 1. The van der Waals surface area contributed by atoms with E-state index in [-0.39, 0.29) is 22.5 Å². The molecule has 8 heteroatoms. The Morgan fingerprint density at radius 1 is 1.06 bits per heavy atom. The van der Waals surface area contributed by atoms with Gasteiger partial charge in [-0.25, -0.2) is 0 Å². The summed E-state index contributed by atoms with van der Waals surface area (Å²) in [5.41, 5.74) is -1.68. The number of hydrogen-bond acceptors (Lipinski definition) is 6. The van der Waals surface area contributed by atoms with Gasteiger partial charge < -0.3 is 29.1 Å². The molecule has 1 aromatic rings. The van der Waals surface area contributed by atoms with Crippen LogP contribution in [0, 0.1) is 0 Å². The van der Waals surface area contributed by atoms with Crippen LogP contribution in [0.5, 0.6) is 0 Å². The predicted octanol–water partition coefficient (Wildman–Crippen LogP) is 5.05. The summed E-state index contributed by atoms with van der Waals surface area (Å²) in [6.07, 6.45) is -2.16. The topological polar surface area (TPSA) is 86.3 Å². The van der Waals surface area contributed by atoms with Crippen LogP contribution in [0.15, 0.2) is 30.3 Å². The Morgan fingerprint density at radius 3 is 2.06 bits per heavy atom. The fourth-order valence-corrected chi connectivity index (χ4v) is 12.2. The molecule has 2 N–H and O–H groups in total. The Hall–Kier alpha value is -1.29. The van der Waals surface area contributed by atoms with Crippen LogP contribution in [-0.2, 0) is 23.4 Å². The molecule has 0 aliphatic carbocycles. The van der Waals surface area contributed by atoms with Gasteiger partial charge in [-0.3, -0.25) is 4.79 Å². The average molecular weight is 508 g/mol. The smallest absolute Gasteiger partial charge is 0.260 e. The molecule has 1 amide bonds. The zero-order valence-electron chi connectivity index (χ0n) is 23.0. The van der Waals surface area contributed by atoms with Crippen molar-refractivity contribution in [2.24, 2.45) is 0 Å². The van der Waals surface area contributed by atoms with Crippen LogP contribution in [0.2, 0.25) is 16.6 Å². The molecule has 2 saturated heterocycles. The first kappa shape index (κ1) is 28.3. The molecule has 2 aliphatic rings. The lowest BCUT2D eigenvalue weighted by Gasteiger charge is -2.50. The molecule has 0 radical (unpaired) electrons. The number of aliphatic hydroxyl groups excluding tert-OH is 1. The number of hydrogen-bond donors (Lipinski definition) is 2. The zero-order valence-corrected chi connectivity index (χ0v) is 24.0. The number of nitrogens with one attached hydrogen (secondary N) is 1. The zero-order chi connectivity index (χ0) is 26.4. The average Bonchev–Trinajstić information content (AvgIpc) is 3.21. The molecule has 0 saturated carbocycles. The Morgan fingerprint density at radius 2 is 1.60 bits per heavy atom. The minimum absolute atomic E-state index is 0.245. The van der Waals surface area contributed by atoms with E-state index in [2.05, 4.69) is 46.9 Å². The second kappa shape index (κ2) is 9.87. The molecular weight excluding hydrogens is 462 g/mol. The van der Waals surface area contributed by atoms with Gasteiger partial charge in [0.25, 0.3) is 5.91 Å². The summed E-state index contributed by atoms with van der Waals surface area (Å²) in [6, 6.07) is 9.24. The molecule has 2 heterocycles. The molecule has 3 rings (SSSR count). The first-order valence-electron chi connectivity index (χ1n) is 12.9. The first-order chi connectivity index (χ1) is 16.2. The monoisotopic (exact) mass is 507 g/mol. The van der Waals surface area contributed by atoms with Crippen LogP contribution >= 0.6 is 0 Å². The van der Waals surface area contributed by atoms with Gasteiger partial charge in [-0.2, -0.15) is 0 Å². The summed E-state index contributed by atoms with van der Waals surface area (Å²) in [4.78, 5) is 14.0. The number of aliphatic hydroxyl groups is 1. The number of methoxy groups -OCH3 is 1. The highest BCUT2D eigenvalue weighted by molar-refractivity contribution is 6.77. The SMILES string of the molecule is CC[C@@H]1OC(C)(C)O[C@]12C(=O)N[C@@](OC)(C(O)c1ccccc1)[C@@H]2O[Si](C(C)C)(C(C)C)C(C)C. The second-order valence-corrected chi connectivity index (χ2v) is 16.8. The number of rotatable bonds is 9. The molecule has 198 valence electrons. The van der Waals surface area contributed by atoms with E-state index >= 15 is 0 Å². The van der Waals surface area contributed by atoms with Gasteiger partial charge in [0.1, 0.15) is 18.3 Å². The maximum absolute atomic E-state index is 14.0. The van der Waals surface area contributed by atoms with E-state index in [0.717, 1.165) is 0 Å². The van der Waals surface area contributed by atoms with Gasteiger partial charge in [0.05, 0.1) is 0 Å². The third kappa shape index (κ3) is 4.30. The second-order valence-electron chi connectivity index (χ2n) is 11.4. The molecule has 0 aromatic heterocycles. The highest BCUT2D eigenvalue weighted by Crippen LogP contribution is 2.54. The summed E-state index contributed by atoms with van der Waals surface area (Å²) in [5, 5.41) is 14.8. The summed E-state index contributed by atoms with van der Waals surface area (Å²) in [7, 11) is -1.07. The van der Waals surface area contributed by atoms with Crippen molar-refractivity contribution in [1.29, 1.82) is 0 Å². The van der Waals surface area contributed by atoms with Crippen molar-refractivity contribution >= 4 is 14.2 Å². The molecule has 7 nitrogen and oxygen atoms in total. The van der Waals surface area contributed by atoms with Crippen LogP contribution in [0.4, 0.5) is 0 Å². The van der Waals surface area contributed by atoms with Gasteiger partial charge in [0.2, 0.25) is 13.9 Å². The van der Waals surface area contributed by atoms with E-state index in [4.69, 9.17) is 18.6 Å². The van der Waals surface area contributed by atoms with Crippen LogP contribution in [-0.4, -0.2) is 55.8 Å². The molecule has 1 unspecified atom stereocenters. The molecule has 2 fully saturated rings. The third-order valence-electron chi connectivity index (χ3n) is 8.02. The Kier molecular flexibility index (Phi) is 7.98. The number of ether oxygens (including phenoxy) is 3. The van der Waals surface area contributed by atoms with Crippen LogP contribution in [0.1, 0.15) is 80.4 Å². The van der Waals surface area contributed by atoms with Crippen molar-refractivity contribution in [3.8, 4) is 0 Å². The molecular formula is C27H45NO6Si. The van der Waals surface area contributed by atoms with Gasteiger partial charge >= 0.3 is 0 Å². The van der Waals surface area contributed by atoms with Crippen LogP contribution in [0.3, 0.4) is 0 Å². The molecule has 1 spiro atoms. The lowest BCUT2D eigenvalue weighted by Crippen LogP contribution is -2.66. The van der Waals surface area contributed by atoms with E-state index in [1.54, 1.807) is 0 Å². The van der Waals surface area contributed by atoms with E-state index in [1.807, 2.05) is 51.1 Å². The summed E-state index contributed by atoms with van der Waals surface area (Å²) in [6.45, 7) is 18.8. The first-order valence-corrected chi connectivity index (χ1v) is 15.1. The van der Waals surface area contributed by atoms with E-state index in [9.17, 15) is 9.90 Å². The van der Waals surface area contributed by atoms with E-state index < -0.39 is 43.7 Å². The number of carbonyl (C=O) groups is 1. The summed E-state index contributed by atoms with van der Waals surface area (Å²) < 4.78 is 26.2. The Labute approximate surface area is 212 Å². The van der Waals surface area contributed by atoms with Gasteiger partial charge in [0, 0.05) is 7.11 Å². The maximum Gasteiger partial charge on any atom is 0.260 e. The van der Waals surface area contributed by atoms with Crippen molar-refractivity contribution in [2.75, 3.05) is 7.11 Å². The van der Waals surface area contributed by atoms with Crippen LogP contribution in [0.25, 0.3) is 0 Å². The Bertz CT molecular complexity index is 869. The maximum atomic E-state index is 14.0. The van der Waals surface area contributed by atoms with Crippen LogP contribution < -0.4 is 5.32 Å². The molecule has 35 heavy (non-hydrogen) atoms. The lowest BCUT2D eigenvalue weighted by atomic mass is 9.83. The van der Waals surface area contributed by atoms with Gasteiger partial charge in [0.15, 0.2) is 11.5 Å². The molecule has 5 atom stereocenters. The summed E-state index contributed by atoms with van der Waals surface area (Å²) in [5.74, 6) is -1.38. The molecule has 2 aliphatic heterocycles. The van der Waals surface area contributed by atoms with Gasteiger partial charge in [-0.15, -0.1) is 0 Å².